The first-order valence-corrected chi connectivity index (χ1v) is 6.98. The number of hydrogen-bond acceptors (Lipinski definition) is 4. The van der Waals surface area contributed by atoms with E-state index in [-0.39, 0.29) is 5.91 Å². The zero-order valence-corrected chi connectivity index (χ0v) is 11.9. The summed E-state index contributed by atoms with van der Waals surface area (Å²) in [6.45, 7) is 2.31. The van der Waals surface area contributed by atoms with Crippen LogP contribution in [0.3, 0.4) is 0 Å². The molecule has 1 aliphatic rings. The molecule has 0 spiro atoms. The van der Waals surface area contributed by atoms with Gasteiger partial charge in [-0.2, -0.15) is 0 Å². The van der Waals surface area contributed by atoms with Crippen LogP contribution in [0, 0.1) is 6.92 Å². The highest BCUT2D eigenvalue weighted by atomic mass is 16.2. The molecule has 1 amide bonds. The summed E-state index contributed by atoms with van der Waals surface area (Å²) in [5.74, 6) is 0.558. The molecule has 6 heteroatoms. The van der Waals surface area contributed by atoms with Crippen molar-refractivity contribution in [3.8, 4) is 17.1 Å². The smallest absolute Gasteiger partial charge is 0.268 e. The van der Waals surface area contributed by atoms with E-state index in [4.69, 9.17) is 4.98 Å². The Morgan fingerprint density at radius 1 is 1.23 bits per heavy atom. The van der Waals surface area contributed by atoms with Gasteiger partial charge < -0.3 is 5.32 Å². The fraction of sp³-hybridized carbons (Fsp3) is 0.125. The maximum Gasteiger partial charge on any atom is 0.268 e. The molecule has 0 fully saturated rings. The van der Waals surface area contributed by atoms with Gasteiger partial charge in [0.05, 0.1) is 18.4 Å². The van der Waals surface area contributed by atoms with E-state index in [1.807, 2.05) is 31.3 Å². The van der Waals surface area contributed by atoms with E-state index >= 15 is 0 Å². The summed E-state index contributed by atoms with van der Waals surface area (Å²) in [5.41, 5.74) is 3.89. The number of fused-ring (bicyclic) bond motifs is 3. The van der Waals surface area contributed by atoms with Crippen LogP contribution in [0.1, 0.15) is 21.9 Å². The Morgan fingerprint density at radius 3 is 3.00 bits per heavy atom. The molecule has 108 valence electrons. The Balaban J connectivity index is 1.93. The number of amides is 1. The van der Waals surface area contributed by atoms with Crippen LogP contribution in [0.25, 0.3) is 17.1 Å². The number of carbonyl (C=O) groups is 1. The summed E-state index contributed by atoms with van der Waals surface area (Å²) in [5, 5.41) is 2.84. The quantitative estimate of drug-likeness (QED) is 0.743. The van der Waals surface area contributed by atoms with Gasteiger partial charge in [0.25, 0.3) is 5.91 Å². The Kier molecular flexibility index (Phi) is 2.75. The monoisotopic (exact) mass is 291 g/mol. The summed E-state index contributed by atoms with van der Waals surface area (Å²) in [4.78, 5) is 25.5. The van der Waals surface area contributed by atoms with Crippen LogP contribution in [-0.4, -0.2) is 25.4 Å². The zero-order chi connectivity index (χ0) is 15.1. The van der Waals surface area contributed by atoms with E-state index in [0.717, 1.165) is 22.6 Å². The second-order valence-corrected chi connectivity index (χ2v) is 5.11. The molecule has 0 aromatic carbocycles. The molecule has 0 bridgehead atoms. The van der Waals surface area contributed by atoms with Crippen molar-refractivity contribution < 1.29 is 4.79 Å². The van der Waals surface area contributed by atoms with Crippen molar-refractivity contribution in [2.24, 2.45) is 0 Å². The third-order valence-electron chi connectivity index (χ3n) is 3.74. The SMILES string of the molecule is Cc1ncccc1-c1cnc2c(n1)-n1cccc1C(=O)NC2. The largest absolute Gasteiger partial charge is 0.345 e. The molecule has 0 aliphatic carbocycles. The highest BCUT2D eigenvalue weighted by molar-refractivity contribution is 5.93. The molecule has 3 aromatic heterocycles. The van der Waals surface area contributed by atoms with Gasteiger partial charge in [0, 0.05) is 23.7 Å². The number of pyridine rings is 1. The first-order chi connectivity index (χ1) is 10.7. The van der Waals surface area contributed by atoms with Gasteiger partial charge in [-0.15, -0.1) is 0 Å². The minimum atomic E-state index is -0.121. The van der Waals surface area contributed by atoms with Crippen molar-refractivity contribution in [1.29, 1.82) is 0 Å². The molecule has 6 nitrogen and oxygen atoms in total. The molecule has 4 rings (SSSR count). The average molecular weight is 291 g/mol. The average Bonchev–Trinajstić information content (AvgIpc) is 2.98. The molecule has 1 N–H and O–H groups in total. The molecule has 1 aliphatic heterocycles. The highest BCUT2D eigenvalue weighted by Gasteiger charge is 2.21. The third kappa shape index (κ3) is 1.88. The molecule has 0 atom stereocenters. The summed E-state index contributed by atoms with van der Waals surface area (Å²) < 4.78 is 1.78. The van der Waals surface area contributed by atoms with E-state index in [0.29, 0.717) is 18.1 Å². The predicted octanol–water partition coefficient (Wildman–Crippen LogP) is 1.88. The molecular weight excluding hydrogens is 278 g/mol. The number of rotatable bonds is 1. The summed E-state index contributed by atoms with van der Waals surface area (Å²) >= 11 is 0. The van der Waals surface area contributed by atoms with E-state index < -0.39 is 0 Å². The molecule has 22 heavy (non-hydrogen) atoms. The molecule has 0 saturated heterocycles. The fourth-order valence-corrected chi connectivity index (χ4v) is 2.61. The number of nitrogens with zero attached hydrogens (tertiary/aromatic N) is 4. The van der Waals surface area contributed by atoms with Crippen LogP contribution in [0.5, 0.6) is 0 Å². The van der Waals surface area contributed by atoms with Gasteiger partial charge in [-0.25, -0.2) is 4.98 Å². The Morgan fingerprint density at radius 2 is 2.14 bits per heavy atom. The van der Waals surface area contributed by atoms with Crippen LogP contribution >= 0.6 is 0 Å². The molecule has 0 unspecified atom stereocenters. The number of aryl methyl sites for hydroxylation is 1. The number of carbonyl (C=O) groups excluding carboxylic acids is 1. The van der Waals surface area contributed by atoms with Crippen molar-refractivity contribution >= 4 is 5.91 Å². The van der Waals surface area contributed by atoms with E-state index in [1.54, 1.807) is 23.0 Å². The van der Waals surface area contributed by atoms with Crippen LogP contribution in [-0.2, 0) is 6.54 Å². The van der Waals surface area contributed by atoms with Crippen LogP contribution in [0.15, 0.2) is 42.9 Å². The molecular formula is C16H13N5O. The third-order valence-corrected chi connectivity index (χ3v) is 3.74. The van der Waals surface area contributed by atoms with E-state index in [9.17, 15) is 4.79 Å². The van der Waals surface area contributed by atoms with Gasteiger partial charge in [0.2, 0.25) is 0 Å². The van der Waals surface area contributed by atoms with Crippen molar-refractivity contribution in [3.05, 3.63) is 59.9 Å². The van der Waals surface area contributed by atoms with Gasteiger partial charge in [-0.3, -0.25) is 19.3 Å². The summed E-state index contributed by atoms with van der Waals surface area (Å²) in [7, 11) is 0. The van der Waals surface area contributed by atoms with Crippen molar-refractivity contribution in [2.45, 2.75) is 13.5 Å². The lowest BCUT2D eigenvalue weighted by Crippen LogP contribution is -2.21. The lowest BCUT2D eigenvalue weighted by atomic mass is 10.1. The predicted molar refractivity (Wildman–Crippen MR) is 80.5 cm³/mol. The second-order valence-electron chi connectivity index (χ2n) is 5.11. The first-order valence-electron chi connectivity index (χ1n) is 6.98. The summed E-state index contributed by atoms with van der Waals surface area (Å²) in [6, 6.07) is 7.44. The van der Waals surface area contributed by atoms with E-state index in [1.165, 1.54) is 0 Å². The Hall–Kier alpha value is -3.02. The van der Waals surface area contributed by atoms with Crippen LogP contribution in [0.2, 0.25) is 0 Å². The van der Waals surface area contributed by atoms with Crippen molar-refractivity contribution in [1.82, 2.24) is 24.8 Å². The van der Waals surface area contributed by atoms with Gasteiger partial charge in [-0.1, -0.05) is 0 Å². The van der Waals surface area contributed by atoms with Crippen LogP contribution in [0.4, 0.5) is 0 Å². The number of nitrogens with one attached hydrogen (secondary N) is 1. The molecule has 0 radical (unpaired) electrons. The lowest BCUT2D eigenvalue weighted by Gasteiger charge is -2.10. The Labute approximate surface area is 126 Å². The van der Waals surface area contributed by atoms with Gasteiger partial charge in [0.15, 0.2) is 5.82 Å². The number of aromatic nitrogens is 4. The normalized spacial score (nSPS) is 13.0. The zero-order valence-electron chi connectivity index (χ0n) is 11.9. The maximum atomic E-state index is 12.0. The van der Waals surface area contributed by atoms with Crippen LogP contribution < -0.4 is 5.32 Å². The second kappa shape index (κ2) is 4.77. The standard InChI is InChI=1S/C16H13N5O/c1-10-11(4-2-6-17-10)12-8-18-13-9-19-16(22)14-5-3-7-21(14)15(13)20-12/h2-8H,9H2,1H3,(H,19,22). The van der Waals surface area contributed by atoms with Gasteiger partial charge >= 0.3 is 0 Å². The first kappa shape index (κ1) is 12.7. The Bertz CT molecular complexity index is 884. The fourth-order valence-electron chi connectivity index (χ4n) is 2.61. The molecule has 3 aromatic rings. The summed E-state index contributed by atoms with van der Waals surface area (Å²) in [6.07, 6.45) is 5.31. The van der Waals surface area contributed by atoms with Crippen molar-refractivity contribution in [3.63, 3.8) is 0 Å². The maximum absolute atomic E-state index is 12.0. The molecule has 4 heterocycles. The van der Waals surface area contributed by atoms with Gasteiger partial charge in [0.1, 0.15) is 11.4 Å². The van der Waals surface area contributed by atoms with Crippen molar-refractivity contribution in [2.75, 3.05) is 0 Å². The highest BCUT2D eigenvalue weighted by Crippen LogP contribution is 2.23. The van der Waals surface area contributed by atoms with Gasteiger partial charge in [-0.05, 0) is 31.2 Å². The van der Waals surface area contributed by atoms with E-state index in [2.05, 4.69) is 15.3 Å². The topological polar surface area (TPSA) is 72.7 Å². The molecule has 0 saturated carbocycles. The number of hydrogen-bond donors (Lipinski definition) is 1. The lowest BCUT2D eigenvalue weighted by molar-refractivity contribution is 0.0946. The minimum absolute atomic E-state index is 0.121. The minimum Gasteiger partial charge on any atom is -0.345 e.